The molecular weight excluding hydrogens is 364 g/mol. The summed E-state index contributed by atoms with van der Waals surface area (Å²) in [7, 11) is 0. The number of carbonyl (C=O) groups is 1. The van der Waals surface area contributed by atoms with Gasteiger partial charge < -0.3 is 11.1 Å². The van der Waals surface area contributed by atoms with Crippen LogP contribution in [0.1, 0.15) is 28.5 Å². The van der Waals surface area contributed by atoms with Gasteiger partial charge in [0.15, 0.2) is 0 Å². The third-order valence-electron chi connectivity index (χ3n) is 4.37. The Hall–Kier alpha value is -3.77. The first-order chi connectivity index (χ1) is 14.0. The summed E-state index contributed by atoms with van der Waals surface area (Å²) >= 11 is 0. The summed E-state index contributed by atoms with van der Waals surface area (Å²) in [6.45, 7) is 5.91. The minimum Gasteiger partial charge on any atom is -0.326 e. The van der Waals surface area contributed by atoms with E-state index in [1.807, 2.05) is 18.2 Å². The number of aromatic nitrogens is 2. The smallest absolute Gasteiger partial charge is 0.272 e. The van der Waals surface area contributed by atoms with Gasteiger partial charge in [0.1, 0.15) is 0 Å². The molecule has 0 bridgehead atoms. The fourth-order valence-corrected chi connectivity index (χ4v) is 3.02. The molecule has 6 nitrogen and oxygen atoms in total. The molecule has 1 amide bonds. The van der Waals surface area contributed by atoms with Crippen LogP contribution in [-0.4, -0.2) is 16.1 Å². The van der Waals surface area contributed by atoms with Gasteiger partial charge in [-0.15, -0.1) is 0 Å². The highest BCUT2D eigenvalue weighted by Gasteiger charge is 2.11. The minimum atomic E-state index is -0.254. The number of carbonyl (C=O) groups excluding carboxylic acids is 1. The second-order valence-electron chi connectivity index (χ2n) is 6.49. The Balaban J connectivity index is 1.94. The number of amides is 1. The fourth-order valence-electron chi connectivity index (χ4n) is 3.02. The zero-order chi connectivity index (χ0) is 20.8. The van der Waals surface area contributed by atoms with Crippen LogP contribution in [0.25, 0.3) is 16.3 Å². The monoisotopic (exact) mass is 386 g/mol. The van der Waals surface area contributed by atoms with E-state index in [0.29, 0.717) is 34.5 Å². The SMILES string of the molecule is C=C/C=C(\C=C(/C)NC(=O)c1cccc(CN)c1)c1n[nH]c(=O)c2ccccc12. The van der Waals surface area contributed by atoms with Gasteiger partial charge in [-0.25, -0.2) is 5.10 Å². The van der Waals surface area contributed by atoms with Crippen LogP contribution >= 0.6 is 0 Å². The van der Waals surface area contributed by atoms with Gasteiger partial charge in [-0.2, -0.15) is 5.10 Å². The molecule has 3 rings (SSSR count). The molecule has 6 heteroatoms. The molecule has 3 aromatic rings. The molecule has 0 aliphatic heterocycles. The lowest BCUT2D eigenvalue weighted by Crippen LogP contribution is -2.21. The van der Waals surface area contributed by atoms with Crippen LogP contribution in [0.15, 0.2) is 83.8 Å². The number of rotatable bonds is 6. The number of hydrogen-bond acceptors (Lipinski definition) is 4. The second kappa shape index (κ2) is 8.95. The summed E-state index contributed by atoms with van der Waals surface area (Å²) < 4.78 is 0. The lowest BCUT2D eigenvalue weighted by atomic mass is 10.0. The first-order valence-electron chi connectivity index (χ1n) is 9.12. The third kappa shape index (κ3) is 4.56. The average Bonchev–Trinajstić information content (AvgIpc) is 2.74. The lowest BCUT2D eigenvalue weighted by Gasteiger charge is -2.09. The number of aromatic amines is 1. The maximum Gasteiger partial charge on any atom is 0.272 e. The van der Waals surface area contributed by atoms with Gasteiger partial charge in [0.2, 0.25) is 0 Å². The highest BCUT2D eigenvalue weighted by Crippen LogP contribution is 2.22. The molecule has 0 saturated heterocycles. The van der Waals surface area contributed by atoms with Crippen LogP contribution in [0, 0.1) is 0 Å². The summed E-state index contributed by atoms with van der Waals surface area (Å²) in [5.74, 6) is -0.230. The summed E-state index contributed by atoms with van der Waals surface area (Å²) in [6, 6.07) is 14.4. The van der Waals surface area contributed by atoms with Crippen molar-refractivity contribution in [3.05, 3.63) is 106 Å². The topological polar surface area (TPSA) is 101 Å². The molecule has 0 unspecified atom stereocenters. The molecule has 29 heavy (non-hydrogen) atoms. The maximum atomic E-state index is 12.6. The largest absolute Gasteiger partial charge is 0.326 e. The summed E-state index contributed by atoms with van der Waals surface area (Å²) in [4.78, 5) is 24.6. The van der Waals surface area contributed by atoms with Crippen molar-refractivity contribution in [1.82, 2.24) is 15.5 Å². The van der Waals surface area contributed by atoms with Gasteiger partial charge in [0.05, 0.1) is 11.1 Å². The molecule has 0 radical (unpaired) electrons. The van der Waals surface area contributed by atoms with Crippen molar-refractivity contribution in [3.63, 3.8) is 0 Å². The molecule has 4 N–H and O–H groups in total. The van der Waals surface area contributed by atoms with E-state index in [2.05, 4.69) is 22.1 Å². The Kier molecular flexibility index (Phi) is 6.16. The molecule has 0 spiro atoms. The van der Waals surface area contributed by atoms with E-state index < -0.39 is 0 Å². The highest BCUT2D eigenvalue weighted by molar-refractivity contribution is 5.97. The number of nitrogens with two attached hydrogens (primary N) is 1. The average molecular weight is 386 g/mol. The van der Waals surface area contributed by atoms with E-state index >= 15 is 0 Å². The lowest BCUT2D eigenvalue weighted by molar-refractivity contribution is 0.0966. The van der Waals surface area contributed by atoms with E-state index in [9.17, 15) is 9.59 Å². The number of fused-ring (bicyclic) bond motifs is 1. The Morgan fingerprint density at radius 2 is 1.97 bits per heavy atom. The zero-order valence-electron chi connectivity index (χ0n) is 16.1. The number of benzene rings is 2. The van der Waals surface area contributed by atoms with Gasteiger partial charge in [-0.3, -0.25) is 9.59 Å². The van der Waals surface area contributed by atoms with Crippen molar-refractivity contribution in [1.29, 1.82) is 0 Å². The van der Waals surface area contributed by atoms with E-state index in [1.165, 1.54) is 0 Å². The summed E-state index contributed by atoms with van der Waals surface area (Å²) in [5.41, 5.74) is 8.74. The van der Waals surface area contributed by atoms with Crippen LogP contribution in [0.5, 0.6) is 0 Å². The first-order valence-corrected chi connectivity index (χ1v) is 9.12. The van der Waals surface area contributed by atoms with Gasteiger partial charge in [0, 0.05) is 28.8 Å². The first kappa shape index (κ1) is 20.0. The van der Waals surface area contributed by atoms with Crippen LogP contribution in [0.2, 0.25) is 0 Å². The molecule has 0 aliphatic carbocycles. The maximum absolute atomic E-state index is 12.6. The normalized spacial score (nSPS) is 12.1. The van der Waals surface area contributed by atoms with Gasteiger partial charge in [-0.1, -0.05) is 49.1 Å². The van der Waals surface area contributed by atoms with Crippen molar-refractivity contribution < 1.29 is 4.79 Å². The van der Waals surface area contributed by atoms with Crippen LogP contribution in [-0.2, 0) is 6.54 Å². The Morgan fingerprint density at radius 1 is 1.21 bits per heavy atom. The highest BCUT2D eigenvalue weighted by atomic mass is 16.1. The Bertz CT molecular complexity index is 1190. The third-order valence-corrected chi connectivity index (χ3v) is 4.37. The van der Waals surface area contributed by atoms with Crippen LogP contribution in [0.4, 0.5) is 0 Å². The van der Waals surface area contributed by atoms with E-state index in [1.54, 1.807) is 55.5 Å². The molecule has 1 aromatic heterocycles. The second-order valence-corrected chi connectivity index (χ2v) is 6.49. The molecule has 0 aliphatic rings. The molecule has 0 fully saturated rings. The number of hydrogen-bond donors (Lipinski definition) is 3. The number of nitrogens with one attached hydrogen (secondary N) is 2. The quantitative estimate of drug-likeness (QED) is 0.566. The van der Waals surface area contributed by atoms with E-state index in [-0.39, 0.29) is 11.5 Å². The van der Waals surface area contributed by atoms with Crippen molar-refractivity contribution in [2.24, 2.45) is 5.73 Å². The van der Waals surface area contributed by atoms with Crippen molar-refractivity contribution in [3.8, 4) is 0 Å². The van der Waals surface area contributed by atoms with Crippen molar-refractivity contribution in [2.45, 2.75) is 13.5 Å². The Labute approximate surface area is 168 Å². The van der Waals surface area contributed by atoms with Gasteiger partial charge in [0.25, 0.3) is 11.5 Å². The minimum absolute atomic E-state index is 0.230. The molecule has 0 saturated carbocycles. The molecule has 146 valence electrons. The number of H-pyrrole nitrogens is 1. The number of nitrogens with zero attached hydrogens (tertiary/aromatic N) is 1. The molecular formula is C23H22N4O2. The van der Waals surface area contributed by atoms with Crippen LogP contribution in [0.3, 0.4) is 0 Å². The standard InChI is InChI=1S/C23H22N4O2/c1-3-7-17(21-19-10-4-5-11-20(19)23(29)27-26-21)12-15(2)25-22(28)18-9-6-8-16(13-18)14-24/h3-13H,1,14,24H2,2H3,(H,25,28)(H,27,29)/b15-12+,17-7+. The summed E-state index contributed by atoms with van der Waals surface area (Å²) in [6.07, 6.45) is 5.20. The van der Waals surface area contributed by atoms with Crippen molar-refractivity contribution in [2.75, 3.05) is 0 Å². The molecule has 1 heterocycles. The van der Waals surface area contributed by atoms with Gasteiger partial charge in [-0.05, 0) is 36.8 Å². The predicted octanol–water partition coefficient (Wildman–Crippen LogP) is 3.29. The summed E-state index contributed by atoms with van der Waals surface area (Å²) in [5, 5.41) is 10.9. The molecule has 0 atom stereocenters. The van der Waals surface area contributed by atoms with Crippen molar-refractivity contribution >= 4 is 22.3 Å². The zero-order valence-corrected chi connectivity index (χ0v) is 16.1. The van der Waals surface area contributed by atoms with Crippen LogP contribution < -0.4 is 16.6 Å². The molecule has 2 aromatic carbocycles. The van der Waals surface area contributed by atoms with Gasteiger partial charge >= 0.3 is 0 Å². The Morgan fingerprint density at radius 3 is 2.69 bits per heavy atom. The fraction of sp³-hybridized carbons (Fsp3) is 0.0870. The predicted molar refractivity (Wildman–Crippen MR) is 116 cm³/mol. The van der Waals surface area contributed by atoms with E-state index in [4.69, 9.17) is 5.73 Å². The van der Waals surface area contributed by atoms with E-state index in [0.717, 1.165) is 10.9 Å². The number of allylic oxidation sites excluding steroid dienone is 5.